The normalized spacial score (nSPS) is 32.2. The van der Waals surface area contributed by atoms with Gasteiger partial charge in [-0.3, -0.25) is 0 Å². The Morgan fingerprint density at radius 1 is 1.27 bits per heavy atom. The van der Waals surface area contributed by atoms with E-state index in [0.717, 1.165) is 25.6 Å². The minimum absolute atomic E-state index is 0.393. The van der Waals surface area contributed by atoms with Crippen LogP contribution < -0.4 is 5.32 Å². The number of ether oxygens (including phenoxy) is 2. The van der Waals surface area contributed by atoms with Gasteiger partial charge in [0.2, 0.25) is 0 Å². The zero-order valence-electron chi connectivity index (χ0n) is 6.71. The third-order valence-electron chi connectivity index (χ3n) is 2.18. The van der Waals surface area contributed by atoms with Crippen LogP contribution in [0.25, 0.3) is 0 Å². The SMILES string of the molecule is C1CC(CNC2CC2)OCO1. The van der Waals surface area contributed by atoms with E-state index >= 15 is 0 Å². The summed E-state index contributed by atoms with van der Waals surface area (Å²) in [6.07, 6.45) is 4.14. The smallest absolute Gasteiger partial charge is 0.147 e. The molecule has 1 atom stereocenters. The largest absolute Gasteiger partial charge is 0.355 e. The lowest BCUT2D eigenvalue weighted by atomic mass is 10.2. The molecule has 0 amide bonds. The van der Waals surface area contributed by atoms with E-state index in [9.17, 15) is 0 Å². The van der Waals surface area contributed by atoms with Crippen LogP contribution >= 0.6 is 0 Å². The van der Waals surface area contributed by atoms with E-state index in [-0.39, 0.29) is 0 Å². The Morgan fingerprint density at radius 2 is 2.18 bits per heavy atom. The maximum Gasteiger partial charge on any atom is 0.147 e. The molecule has 1 saturated heterocycles. The molecule has 11 heavy (non-hydrogen) atoms. The van der Waals surface area contributed by atoms with Gasteiger partial charge in [-0.15, -0.1) is 0 Å². The van der Waals surface area contributed by atoms with Crippen molar-refractivity contribution in [1.29, 1.82) is 0 Å². The fourth-order valence-electron chi connectivity index (χ4n) is 1.25. The first kappa shape index (κ1) is 7.53. The second-order valence-corrected chi connectivity index (χ2v) is 3.29. The molecule has 3 nitrogen and oxygen atoms in total. The first-order chi connectivity index (χ1) is 5.45. The van der Waals surface area contributed by atoms with Crippen molar-refractivity contribution in [3.63, 3.8) is 0 Å². The first-order valence-electron chi connectivity index (χ1n) is 4.38. The number of nitrogens with one attached hydrogen (secondary N) is 1. The Balaban J connectivity index is 1.59. The Kier molecular flexibility index (Phi) is 2.41. The van der Waals surface area contributed by atoms with Gasteiger partial charge in [-0.2, -0.15) is 0 Å². The molecule has 1 heterocycles. The van der Waals surface area contributed by atoms with Crippen LogP contribution in [0.1, 0.15) is 19.3 Å². The molecule has 3 heteroatoms. The Labute approximate surface area is 67.1 Å². The molecule has 2 aliphatic rings. The third kappa shape index (κ3) is 2.43. The summed E-state index contributed by atoms with van der Waals surface area (Å²) in [5.74, 6) is 0. The van der Waals surface area contributed by atoms with Crippen LogP contribution in [0.2, 0.25) is 0 Å². The monoisotopic (exact) mass is 157 g/mol. The first-order valence-corrected chi connectivity index (χ1v) is 4.38. The maximum absolute atomic E-state index is 5.37. The van der Waals surface area contributed by atoms with Gasteiger partial charge >= 0.3 is 0 Å². The summed E-state index contributed by atoms with van der Waals surface area (Å²) < 4.78 is 10.4. The molecule has 1 unspecified atom stereocenters. The molecule has 2 rings (SSSR count). The summed E-state index contributed by atoms with van der Waals surface area (Å²) in [5.41, 5.74) is 0. The van der Waals surface area contributed by atoms with Crippen LogP contribution in [0.15, 0.2) is 0 Å². The quantitative estimate of drug-likeness (QED) is 0.647. The highest BCUT2D eigenvalue weighted by atomic mass is 16.7. The Morgan fingerprint density at radius 3 is 2.82 bits per heavy atom. The summed E-state index contributed by atoms with van der Waals surface area (Å²) in [4.78, 5) is 0. The van der Waals surface area contributed by atoms with Crippen molar-refractivity contribution in [2.45, 2.75) is 31.4 Å². The summed E-state index contributed by atoms with van der Waals surface area (Å²) in [7, 11) is 0. The fourth-order valence-corrected chi connectivity index (χ4v) is 1.25. The molecular formula is C8H15NO2. The van der Waals surface area contributed by atoms with Gasteiger partial charge in [0, 0.05) is 12.6 Å². The molecule has 0 aromatic heterocycles. The number of hydrogen-bond acceptors (Lipinski definition) is 3. The number of rotatable bonds is 3. The lowest BCUT2D eigenvalue weighted by Crippen LogP contribution is -2.34. The molecule has 2 fully saturated rings. The van der Waals surface area contributed by atoms with Crippen LogP contribution in [-0.2, 0) is 9.47 Å². The topological polar surface area (TPSA) is 30.5 Å². The summed E-state index contributed by atoms with van der Waals surface area (Å²) in [6, 6.07) is 0.793. The van der Waals surface area contributed by atoms with Crippen molar-refractivity contribution in [2.24, 2.45) is 0 Å². The van der Waals surface area contributed by atoms with Crippen LogP contribution in [0, 0.1) is 0 Å². The van der Waals surface area contributed by atoms with E-state index in [1.54, 1.807) is 0 Å². The zero-order chi connectivity index (χ0) is 7.52. The summed E-state index contributed by atoms with van der Waals surface area (Å²) >= 11 is 0. The van der Waals surface area contributed by atoms with Crippen molar-refractivity contribution >= 4 is 0 Å². The van der Waals surface area contributed by atoms with Crippen molar-refractivity contribution in [3.8, 4) is 0 Å². The summed E-state index contributed by atoms with van der Waals surface area (Å²) in [5, 5.41) is 3.45. The van der Waals surface area contributed by atoms with E-state index in [1.807, 2.05) is 0 Å². The lowest BCUT2D eigenvalue weighted by molar-refractivity contribution is -0.137. The highest BCUT2D eigenvalue weighted by Gasteiger charge is 2.22. The van der Waals surface area contributed by atoms with Gasteiger partial charge in [0.1, 0.15) is 6.79 Å². The van der Waals surface area contributed by atoms with Crippen molar-refractivity contribution in [2.75, 3.05) is 19.9 Å². The van der Waals surface area contributed by atoms with Gasteiger partial charge in [0.15, 0.2) is 0 Å². The van der Waals surface area contributed by atoms with E-state index in [2.05, 4.69) is 5.32 Å². The highest BCUT2D eigenvalue weighted by Crippen LogP contribution is 2.19. The molecule has 1 aliphatic heterocycles. The predicted molar refractivity (Wildman–Crippen MR) is 41.3 cm³/mol. The lowest BCUT2D eigenvalue weighted by Gasteiger charge is -2.22. The van der Waals surface area contributed by atoms with Crippen molar-refractivity contribution < 1.29 is 9.47 Å². The molecule has 1 N–H and O–H groups in total. The Bertz CT molecular complexity index is 119. The van der Waals surface area contributed by atoms with E-state index < -0.39 is 0 Å². The van der Waals surface area contributed by atoms with Crippen LogP contribution in [0.3, 0.4) is 0 Å². The van der Waals surface area contributed by atoms with Gasteiger partial charge in [0.25, 0.3) is 0 Å². The van der Waals surface area contributed by atoms with E-state index in [0.29, 0.717) is 12.9 Å². The molecule has 64 valence electrons. The average Bonchev–Trinajstić information content (AvgIpc) is 2.86. The molecule has 0 spiro atoms. The molecule has 0 aromatic carbocycles. The minimum atomic E-state index is 0.393. The van der Waals surface area contributed by atoms with Crippen LogP contribution in [0.5, 0.6) is 0 Å². The molecular weight excluding hydrogens is 142 g/mol. The maximum atomic E-state index is 5.37. The van der Waals surface area contributed by atoms with Crippen molar-refractivity contribution in [1.82, 2.24) is 5.32 Å². The van der Waals surface area contributed by atoms with Crippen molar-refractivity contribution in [3.05, 3.63) is 0 Å². The molecule has 0 radical (unpaired) electrons. The summed E-state index contributed by atoms with van der Waals surface area (Å²) in [6.45, 7) is 2.35. The second kappa shape index (κ2) is 3.52. The molecule has 0 bridgehead atoms. The molecule has 1 aliphatic carbocycles. The molecule has 1 saturated carbocycles. The zero-order valence-corrected chi connectivity index (χ0v) is 6.71. The van der Waals surface area contributed by atoms with Gasteiger partial charge in [-0.1, -0.05) is 0 Å². The standard InChI is InChI=1S/C8H15NO2/c1-2-7(1)9-5-8-3-4-10-6-11-8/h7-9H,1-6H2. The average molecular weight is 157 g/mol. The van der Waals surface area contributed by atoms with E-state index in [1.165, 1.54) is 12.8 Å². The fraction of sp³-hybridized carbons (Fsp3) is 1.00. The van der Waals surface area contributed by atoms with Gasteiger partial charge in [0.05, 0.1) is 12.7 Å². The van der Waals surface area contributed by atoms with Gasteiger partial charge < -0.3 is 14.8 Å². The van der Waals surface area contributed by atoms with E-state index in [4.69, 9.17) is 9.47 Å². The van der Waals surface area contributed by atoms with Gasteiger partial charge in [-0.25, -0.2) is 0 Å². The minimum Gasteiger partial charge on any atom is -0.355 e. The highest BCUT2D eigenvalue weighted by molar-refractivity contribution is 4.82. The van der Waals surface area contributed by atoms with Crippen LogP contribution in [-0.4, -0.2) is 32.1 Å². The molecule has 0 aromatic rings. The van der Waals surface area contributed by atoms with Crippen LogP contribution in [0.4, 0.5) is 0 Å². The number of hydrogen-bond donors (Lipinski definition) is 1. The third-order valence-corrected chi connectivity index (χ3v) is 2.18. The second-order valence-electron chi connectivity index (χ2n) is 3.29. The Hall–Kier alpha value is -0.120. The van der Waals surface area contributed by atoms with Gasteiger partial charge in [-0.05, 0) is 19.3 Å². The predicted octanol–water partition coefficient (Wildman–Crippen LogP) is 0.501.